The molecule has 0 atom stereocenters. The van der Waals surface area contributed by atoms with Crippen molar-refractivity contribution in [3.63, 3.8) is 0 Å². The van der Waals surface area contributed by atoms with Crippen LogP contribution in [0, 0.1) is 0 Å². The lowest BCUT2D eigenvalue weighted by molar-refractivity contribution is -0.746. The van der Waals surface area contributed by atoms with Gasteiger partial charge in [-0.3, -0.25) is 4.90 Å². The van der Waals surface area contributed by atoms with Gasteiger partial charge >= 0.3 is 6.03 Å². The highest BCUT2D eigenvalue weighted by Crippen LogP contribution is 2.48. The zero-order valence-electron chi connectivity index (χ0n) is 17.3. The molecule has 2 heterocycles. The van der Waals surface area contributed by atoms with E-state index in [-0.39, 0.29) is 12.6 Å². The number of para-hydroxylation sites is 2. The van der Waals surface area contributed by atoms with Crippen molar-refractivity contribution >= 4 is 29.2 Å². The summed E-state index contributed by atoms with van der Waals surface area (Å²) in [4.78, 5) is 19.4. The summed E-state index contributed by atoms with van der Waals surface area (Å²) < 4.78 is 6.16. The lowest BCUT2D eigenvalue weighted by Gasteiger charge is -2.34. The number of aryl methyl sites for hydroxylation is 1. The summed E-state index contributed by atoms with van der Waals surface area (Å²) in [6.45, 7) is 0.402. The molecular weight excluding hydrogens is 424 g/mol. The second-order valence-corrected chi connectivity index (χ2v) is 8.51. The molecule has 0 saturated heterocycles. The number of carbonyl (C=O) groups excluding carboxylic acids is 1. The summed E-state index contributed by atoms with van der Waals surface area (Å²) in [6.07, 6.45) is 0. The molecule has 0 fully saturated rings. The summed E-state index contributed by atoms with van der Waals surface area (Å²) in [5, 5.41) is 15.9. The summed E-state index contributed by atoms with van der Waals surface area (Å²) >= 11 is 1.64. The molecule has 2 amide bonds. The van der Waals surface area contributed by atoms with Gasteiger partial charge in [0.05, 0.1) is 16.6 Å². The van der Waals surface area contributed by atoms with Crippen molar-refractivity contribution in [2.24, 2.45) is 7.05 Å². The maximum Gasteiger partial charge on any atom is 0.330 e. The smallest absolute Gasteiger partial charge is 0.330 e. The molecular formula is C24H20N4O3S. The van der Waals surface area contributed by atoms with E-state index in [1.54, 1.807) is 28.6 Å². The van der Waals surface area contributed by atoms with Crippen molar-refractivity contribution in [2.45, 2.75) is 22.9 Å². The normalized spacial score (nSPS) is 12.2. The van der Waals surface area contributed by atoms with Gasteiger partial charge in [0.25, 0.3) is 5.69 Å². The Morgan fingerprint density at radius 2 is 1.56 bits per heavy atom. The van der Waals surface area contributed by atoms with Crippen LogP contribution in [0.3, 0.4) is 0 Å². The van der Waals surface area contributed by atoms with Crippen LogP contribution in [0.25, 0.3) is 0 Å². The summed E-state index contributed by atoms with van der Waals surface area (Å²) in [7, 11) is 1.63. The van der Waals surface area contributed by atoms with E-state index in [1.807, 2.05) is 78.9 Å². The molecule has 8 heteroatoms. The average molecular weight is 445 g/mol. The standard InChI is InChI=1S/C24H20N4O3S/c1-26-20(23(29)31-25-26)16-27(15-17-9-3-2-4-10-17)24(30)28-18-11-5-7-13-21(18)32-22-14-8-6-12-19(22)28/h2-14H,15-16H2,1H3. The fraction of sp³-hybridized carbons (Fsp3) is 0.125. The highest BCUT2D eigenvalue weighted by Gasteiger charge is 2.33. The molecule has 1 aromatic heterocycles. The lowest BCUT2D eigenvalue weighted by atomic mass is 10.2. The van der Waals surface area contributed by atoms with Gasteiger partial charge in [-0.2, -0.15) is 0 Å². The van der Waals surface area contributed by atoms with E-state index < -0.39 is 5.95 Å². The van der Waals surface area contributed by atoms with Gasteiger partial charge in [0.15, 0.2) is 13.0 Å². The number of carbonyl (C=O) groups is 1. The van der Waals surface area contributed by atoms with Gasteiger partial charge in [-0.05, 0) is 29.8 Å². The summed E-state index contributed by atoms with van der Waals surface area (Å²) in [6, 6.07) is 25.1. The number of anilines is 2. The third-order valence-electron chi connectivity index (χ3n) is 5.32. The molecule has 0 saturated carbocycles. The molecule has 0 radical (unpaired) electrons. The number of urea groups is 1. The first kappa shape index (κ1) is 20.1. The van der Waals surface area contributed by atoms with Gasteiger partial charge in [-0.25, -0.2) is 4.79 Å². The first-order valence-electron chi connectivity index (χ1n) is 10.1. The first-order valence-corrected chi connectivity index (χ1v) is 10.9. The van der Waals surface area contributed by atoms with Crippen molar-refractivity contribution in [3.8, 4) is 5.95 Å². The van der Waals surface area contributed by atoms with Crippen LogP contribution in [-0.4, -0.2) is 16.2 Å². The highest BCUT2D eigenvalue weighted by molar-refractivity contribution is 7.99. The largest absolute Gasteiger partial charge is 0.539 e. The molecule has 0 spiro atoms. The van der Waals surface area contributed by atoms with Gasteiger partial charge in [-0.15, -0.1) is 0 Å². The molecule has 160 valence electrons. The van der Waals surface area contributed by atoms with E-state index in [9.17, 15) is 9.90 Å². The number of aromatic nitrogens is 2. The van der Waals surface area contributed by atoms with Crippen LogP contribution >= 0.6 is 11.8 Å². The number of fused-ring (bicyclic) bond motifs is 2. The number of hydrogen-bond acceptors (Lipinski definition) is 5. The Labute approximate surface area is 189 Å². The lowest BCUT2D eigenvalue weighted by Crippen LogP contribution is -2.44. The SMILES string of the molecule is C[n+]1noc([O-])c1CN(Cc1ccccc1)C(=O)N1c2ccccc2Sc2ccccc21. The molecule has 3 aromatic carbocycles. The monoisotopic (exact) mass is 444 g/mol. The van der Waals surface area contributed by atoms with Crippen molar-refractivity contribution in [1.82, 2.24) is 10.2 Å². The van der Waals surface area contributed by atoms with Crippen LogP contribution in [-0.2, 0) is 20.1 Å². The van der Waals surface area contributed by atoms with Crippen LogP contribution < -0.4 is 14.7 Å². The number of nitrogens with zero attached hydrogens (tertiary/aromatic N) is 4. The molecule has 7 nitrogen and oxygen atoms in total. The van der Waals surface area contributed by atoms with Crippen molar-refractivity contribution in [3.05, 3.63) is 90.1 Å². The van der Waals surface area contributed by atoms with E-state index in [1.165, 1.54) is 4.68 Å². The maximum atomic E-state index is 14.1. The van der Waals surface area contributed by atoms with Crippen LogP contribution in [0.1, 0.15) is 11.3 Å². The van der Waals surface area contributed by atoms with E-state index in [0.29, 0.717) is 12.2 Å². The second-order valence-electron chi connectivity index (χ2n) is 7.43. The molecule has 0 unspecified atom stereocenters. The molecule has 4 aromatic rings. The molecule has 1 aliphatic heterocycles. The Hall–Kier alpha value is -3.78. The Kier molecular flexibility index (Phi) is 5.28. The van der Waals surface area contributed by atoms with Gasteiger partial charge in [0, 0.05) is 16.3 Å². The minimum Gasteiger partial charge on any atom is -0.539 e. The number of benzene rings is 3. The molecule has 0 bridgehead atoms. The van der Waals surface area contributed by atoms with Crippen LogP contribution in [0.4, 0.5) is 16.2 Å². The molecule has 1 aliphatic rings. The van der Waals surface area contributed by atoms with Crippen molar-refractivity contribution in [2.75, 3.05) is 4.90 Å². The predicted molar refractivity (Wildman–Crippen MR) is 117 cm³/mol. The quantitative estimate of drug-likeness (QED) is 0.445. The van der Waals surface area contributed by atoms with Crippen molar-refractivity contribution in [1.29, 1.82) is 0 Å². The van der Waals surface area contributed by atoms with E-state index in [0.717, 1.165) is 26.7 Å². The minimum absolute atomic E-state index is 0.0700. The number of hydrogen-bond donors (Lipinski definition) is 0. The zero-order chi connectivity index (χ0) is 22.1. The topological polar surface area (TPSA) is 76.5 Å². The fourth-order valence-electron chi connectivity index (χ4n) is 3.73. The number of rotatable bonds is 4. The average Bonchev–Trinajstić information content (AvgIpc) is 3.14. The Morgan fingerprint density at radius 1 is 0.969 bits per heavy atom. The third-order valence-corrected chi connectivity index (χ3v) is 6.45. The predicted octanol–water partition coefficient (Wildman–Crippen LogP) is 4.00. The highest BCUT2D eigenvalue weighted by atomic mass is 32.2. The fourth-order valence-corrected chi connectivity index (χ4v) is 4.79. The van der Waals surface area contributed by atoms with Crippen LogP contribution in [0.15, 0.2) is 93.2 Å². The molecule has 5 rings (SSSR count). The minimum atomic E-state index is -0.548. The van der Waals surface area contributed by atoms with E-state index >= 15 is 0 Å². The summed E-state index contributed by atoms with van der Waals surface area (Å²) in [5.41, 5.74) is 2.90. The Balaban J connectivity index is 1.58. The van der Waals surface area contributed by atoms with Gasteiger partial charge in [-0.1, -0.05) is 71.0 Å². The molecule has 0 N–H and O–H groups in total. The Morgan fingerprint density at radius 3 is 2.16 bits per heavy atom. The zero-order valence-corrected chi connectivity index (χ0v) is 18.2. The number of amides is 2. The first-order chi connectivity index (χ1) is 15.6. The van der Waals surface area contributed by atoms with Crippen LogP contribution in [0.2, 0.25) is 0 Å². The van der Waals surface area contributed by atoms with Gasteiger partial charge < -0.3 is 14.5 Å². The van der Waals surface area contributed by atoms with Gasteiger partial charge in [0.2, 0.25) is 0 Å². The molecule has 0 aliphatic carbocycles. The summed E-state index contributed by atoms with van der Waals surface area (Å²) in [5.74, 6) is -0.548. The Bertz CT molecular complexity index is 1210. The third kappa shape index (κ3) is 3.69. The van der Waals surface area contributed by atoms with Crippen LogP contribution in [0.5, 0.6) is 5.95 Å². The second kappa shape index (κ2) is 8.39. The maximum absolute atomic E-state index is 14.1. The van der Waals surface area contributed by atoms with Gasteiger partial charge in [0.1, 0.15) is 6.54 Å². The van der Waals surface area contributed by atoms with Crippen molar-refractivity contribution < 1.29 is 19.1 Å². The van der Waals surface area contributed by atoms with E-state index in [2.05, 4.69) is 5.27 Å². The molecule has 32 heavy (non-hydrogen) atoms. The van der Waals surface area contributed by atoms with E-state index in [4.69, 9.17) is 4.52 Å².